The molecule has 0 saturated carbocycles. The first-order valence-corrected chi connectivity index (χ1v) is 7.78. The number of nitrogens with one attached hydrogen (secondary N) is 1. The Morgan fingerprint density at radius 1 is 1.25 bits per heavy atom. The summed E-state index contributed by atoms with van der Waals surface area (Å²) in [5.74, 6) is 0. The SMILES string of the molecule is CCCNCc1ccc(C(C)(C)C)n(C(C)CC)c1=O. The van der Waals surface area contributed by atoms with Gasteiger partial charge in [0.1, 0.15) is 0 Å². The van der Waals surface area contributed by atoms with E-state index in [1.165, 1.54) is 0 Å². The Bertz CT molecular complexity index is 483. The van der Waals surface area contributed by atoms with Crippen LogP contribution in [0.5, 0.6) is 0 Å². The summed E-state index contributed by atoms with van der Waals surface area (Å²) >= 11 is 0. The third-order valence-electron chi connectivity index (χ3n) is 3.74. The molecule has 0 amide bonds. The molecule has 0 saturated heterocycles. The van der Waals surface area contributed by atoms with Crippen LogP contribution >= 0.6 is 0 Å². The molecule has 0 fully saturated rings. The highest BCUT2D eigenvalue weighted by Gasteiger charge is 2.22. The van der Waals surface area contributed by atoms with Gasteiger partial charge in [-0.3, -0.25) is 4.79 Å². The zero-order valence-electron chi connectivity index (χ0n) is 13.9. The van der Waals surface area contributed by atoms with E-state index in [2.05, 4.69) is 52.9 Å². The van der Waals surface area contributed by atoms with Crippen molar-refractivity contribution in [3.05, 3.63) is 33.7 Å². The Morgan fingerprint density at radius 2 is 1.90 bits per heavy atom. The van der Waals surface area contributed by atoms with E-state index >= 15 is 0 Å². The molecular formula is C17H30N2O. The van der Waals surface area contributed by atoms with Crippen LogP contribution in [0, 0.1) is 0 Å². The van der Waals surface area contributed by atoms with Crippen LogP contribution < -0.4 is 10.9 Å². The fraction of sp³-hybridized carbons (Fsp3) is 0.706. The lowest BCUT2D eigenvalue weighted by atomic mass is 9.90. The fourth-order valence-electron chi connectivity index (χ4n) is 2.36. The fourth-order valence-corrected chi connectivity index (χ4v) is 2.36. The molecule has 1 heterocycles. The first-order valence-electron chi connectivity index (χ1n) is 7.78. The Labute approximate surface area is 123 Å². The molecule has 3 nitrogen and oxygen atoms in total. The largest absolute Gasteiger partial charge is 0.312 e. The zero-order chi connectivity index (χ0) is 15.3. The highest BCUT2D eigenvalue weighted by atomic mass is 16.1. The predicted octanol–water partition coefficient (Wildman–Crippen LogP) is 3.62. The Hall–Kier alpha value is -1.09. The average Bonchev–Trinajstić information content (AvgIpc) is 2.38. The number of hydrogen-bond acceptors (Lipinski definition) is 2. The molecule has 0 bridgehead atoms. The standard InChI is InChI=1S/C17H30N2O/c1-7-11-18-12-14-9-10-15(17(4,5)6)19(16(14)20)13(3)8-2/h9-10,13,18H,7-8,11-12H2,1-6H3. The molecule has 1 rings (SSSR count). The van der Waals surface area contributed by atoms with Crippen LogP contribution in [0.15, 0.2) is 16.9 Å². The van der Waals surface area contributed by atoms with E-state index in [-0.39, 0.29) is 17.0 Å². The van der Waals surface area contributed by atoms with E-state index in [1.54, 1.807) is 0 Å². The molecule has 1 atom stereocenters. The molecule has 0 aromatic carbocycles. The van der Waals surface area contributed by atoms with Gasteiger partial charge in [-0.1, -0.05) is 40.7 Å². The number of pyridine rings is 1. The lowest BCUT2D eigenvalue weighted by Gasteiger charge is -2.28. The number of aromatic nitrogens is 1. The van der Waals surface area contributed by atoms with E-state index in [1.807, 2.05) is 10.6 Å². The van der Waals surface area contributed by atoms with E-state index in [4.69, 9.17) is 0 Å². The van der Waals surface area contributed by atoms with Gasteiger partial charge in [0.25, 0.3) is 5.56 Å². The summed E-state index contributed by atoms with van der Waals surface area (Å²) in [5, 5.41) is 3.32. The second-order valence-corrected chi connectivity index (χ2v) is 6.60. The summed E-state index contributed by atoms with van der Waals surface area (Å²) in [6.45, 7) is 14.5. The van der Waals surface area contributed by atoms with Gasteiger partial charge in [-0.2, -0.15) is 0 Å². The van der Waals surface area contributed by atoms with E-state index < -0.39 is 0 Å². The summed E-state index contributed by atoms with van der Waals surface area (Å²) in [4.78, 5) is 12.8. The lowest BCUT2D eigenvalue weighted by molar-refractivity contribution is 0.435. The van der Waals surface area contributed by atoms with Crippen LogP contribution in [-0.4, -0.2) is 11.1 Å². The molecule has 0 aliphatic rings. The number of rotatable bonds is 6. The van der Waals surface area contributed by atoms with E-state index in [0.29, 0.717) is 6.54 Å². The van der Waals surface area contributed by atoms with Crippen LogP contribution in [0.4, 0.5) is 0 Å². The highest BCUT2D eigenvalue weighted by Crippen LogP contribution is 2.24. The third-order valence-corrected chi connectivity index (χ3v) is 3.74. The Balaban J connectivity index is 3.25. The lowest BCUT2D eigenvalue weighted by Crippen LogP contribution is -2.34. The van der Waals surface area contributed by atoms with Gasteiger partial charge in [-0.15, -0.1) is 0 Å². The van der Waals surface area contributed by atoms with Gasteiger partial charge < -0.3 is 9.88 Å². The van der Waals surface area contributed by atoms with Gasteiger partial charge in [0.2, 0.25) is 0 Å². The van der Waals surface area contributed by atoms with Gasteiger partial charge in [0.05, 0.1) is 0 Å². The average molecular weight is 278 g/mol. The van der Waals surface area contributed by atoms with Crippen LogP contribution in [-0.2, 0) is 12.0 Å². The molecule has 1 aromatic rings. The monoisotopic (exact) mass is 278 g/mol. The molecule has 0 spiro atoms. The minimum Gasteiger partial charge on any atom is -0.312 e. The molecule has 1 unspecified atom stereocenters. The second-order valence-electron chi connectivity index (χ2n) is 6.60. The topological polar surface area (TPSA) is 34.0 Å². The molecular weight excluding hydrogens is 248 g/mol. The second kappa shape index (κ2) is 7.07. The van der Waals surface area contributed by atoms with Crippen LogP contribution in [0.1, 0.15) is 71.7 Å². The van der Waals surface area contributed by atoms with Crippen molar-refractivity contribution in [3.8, 4) is 0 Å². The van der Waals surface area contributed by atoms with Gasteiger partial charge in [0.15, 0.2) is 0 Å². The minimum atomic E-state index is -0.0159. The van der Waals surface area contributed by atoms with Crippen LogP contribution in [0.25, 0.3) is 0 Å². The van der Waals surface area contributed by atoms with Crippen LogP contribution in [0.3, 0.4) is 0 Å². The van der Waals surface area contributed by atoms with Crippen molar-refractivity contribution in [1.29, 1.82) is 0 Å². The first-order chi connectivity index (χ1) is 9.32. The van der Waals surface area contributed by atoms with E-state index in [9.17, 15) is 4.79 Å². The van der Waals surface area contributed by atoms with Crippen molar-refractivity contribution >= 4 is 0 Å². The molecule has 1 aromatic heterocycles. The smallest absolute Gasteiger partial charge is 0.255 e. The number of hydrogen-bond donors (Lipinski definition) is 1. The van der Waals surface area contributed by atoms with Gasteiger partial charge >= 0.3 is 0 Å². The Kier molecular flexibility index (Phi) is 6.00. The summed E-state index contributed by atoms with van der Waals surface area (Å²) in [6.07, 6.45) is 2.05. The molecule has 0 aliphatic heterocycles. The van der Waals surface area contributed by atoms with Crippen molar-refractivity contribution in [2.75, 3.05) is 6.54 Å². The van der Waals surface area contributed by atoms with E-state index in [0.717, 1.165) is 30.6 Å². The molecule has 0 aliphatic carbocycles. The molecule has 0 radical (unpaired) electrons. The maximum Gasteiger partial charge on any atom is 0.255 e. The molecule has 3 heteroatoms. The van der Waals surface area contributed by atoms with Gasteiger partial charge in [0, 0.05) is 29.3 Å². The van der Waals surface area contributed by atoms with Crippen molar-refractivity contribution in [3.63, 3.8) is 0 Å². The number of nitrogens with zero attached hydrogens (tertiary/aromatic N) is 1. The summed E-state index contributed by atoms with van der Waals surface area (Å²) in [5.41, 5.74) is 2.14. The van der Waals surface area contributed by atoms with Crippen molar-refractivity contribution < 1.29 is 0 Å². The van der Waals surface area contributed by atoms with Crippen molar-refractivity contribution in [2.45, 2.75) is 72.4 Å². The van der Waals surface area contributed by atoms with Gasteiger partial charge in [-0.25, -0.2) is 0 Å². The third kappa shape index (κ3) is 3.95. The minimum absolute atomic E-state index is 0.0159. The van der Waals surface area contributed by atoms with Crippen molar-refractivity contribution in [1.82, 2.24) is 9.88 Å². The quantitative estimate of drug-likeness (QED) is 0.806. The molecule has 1 N–H and O–H groups in total. The highest BCUT2D eigenvalue weighted by molar-refractivity contribution is 5.22. The zero-order valence-corrected chi connectivity index (χ0v) is 13.9. The Morgan fingerprint density at radius 3 is 2.40 bits per heavy atom. The summed E-state index contributed by atoms with van der Waals surface area (Å²) in [7, 11) is 0. The summed E-state index contributed by atoms with van der Waals surface area (Å²) in [6, 6.07) is 4.35. The molecule has 20 heavy (non-hydrogen) atoms. The van der Waals surface area contributed by atoms with Crippen LogP contribution in [0.2, 0.25) is 0 Å². The maximum absolute atomic E-state index is 12.8. The normalized spacial score (nSPS) is 13.5. The first kappa shape index (κ1) is 17.0. The summed E-state index contributed by atoms with van der Waals surface area (Å²) < 4.78 is 1.99. The maximum atomic E-state index is 12.8. The molecule has 114 valence electrons. The van der Waals surface area contributed by atoms with Gasteiger partial charge in [-0.05, 0) is 32.4 Å². The van der Waals surface area contributed by atoms with Crippen molar-refractivity contribution in [2.24, 2.45) is 0 Å². The predicted molar refractivity (Wildman–Crippen MR) is 86.4 cm³/mol.